The summed E-state index contributed by atoms with van der Waals surface area (Å²) in [6.07, 6.45) is 6.61. The fourth-order valence-corrected chi connectivity index (χ4v) is 2.76. The first kappa shape index (κ1) is 11.5. The monoisotopic (exact) mass is 245 g/mol. The number of hydrogen-bond acceptors (Lipinski definition) is 3. The zero-order chi connectivity index (χ0) is 12.5. The molecule has 4 nitrogen and oxygen atoms in total. The van der Waals surface area contributed by atoms with Crippen LogP contribution in [0.2, 0.25) is 0 Å². The van der Waals surface area contributed by atoms with Gasteiger partial charge in [0.1, 0.15) is 17.6 Å². The zero-order valence-electron chi connectivity index (χ0n) is 10.7. The molecule has 2 N–H and O–H groups in total. The van der Waals surface area contributed by atoms with E-state index in [9.17, 15) is 0 Å². The molecule has 2 heterocycles. The van der Waals surface area contributed by atoms with Crippen LogP contribution < -0.4 is 5.73 Å². The molecule has 2 aromatic rings. The van der Waals surface area contributed by atoms with Crippen LogP contribution in [-0.2, 0) is 12.8 Å². The number of aryl methyl sites for hydroxylation is 2. The summed E-state index contributed by atoms with van der Waals surface area (Å²) in [5, 5.41) is 0. The third-order valence-electron chi connectivity index (χ3n) is 3.71. The molecule has 0 aliphatic heterocycles. The van der Waals surface area contributed by atoms with Crippen LogP contribution in [0.25, 0.3) is 0 Å². The Morgan fingerprint density at radius 2 is 2.22 bits per heavy atom. The minimum absolute atomic E-state index is 0.0769. The second-order valence-electron chi connectivity index (χ2n) is 4.95. The van der Waals surface area contributed by atoms with Crippen molar-refractivity contribution >= 4 is 0 Å². The number of fused-ring (bicyclic) bond motifs is 1. The molecule has 0 saturated carbocycles. The third kappa shape index (κ3) is 1.86. The number of rotatable bonds is 3. The Morgan fingerprint density at radius 1 is 1.39 bits per heavy atom. The van der Waals surface area contributed by atoms with Crippen LogP contribution in [0.1, 0.15) is 41.8 Å². The second-order valence-corrected chi connectivity index (χ2v) is 4.95. The quantitative estimate of drug-likeness (QED) is 0.902. The molecule has 0 radical (unpaired) electrons. The van der Waals surface area contributed by atoms with Crippen molar-refractivity contribution < 1.29 is 4.42 Å². The van der Waals surface area contributed by atoms with Gasteiger partial charge in [-0.3, -0.25) is 0 Å². The molecule has 1 atom stereocenters. The van der Waals surface area contributed by atoms with Gasteiger partial charge in [-0.25, -0.2) is 4.98 Å². The van der Waals surface area contributed by atoms with Crippen molar-refractivity contribution in [3.63, 3.8) is 0 Å². The van der Waals surface area contributed by atoms with E-state index in [1.807, 2.05) is 25.4 Å². The summed E-state index contributed by atoms with van der Waals surface area (Å²) in [6.45, 7) is 2.50. The first-order valence-corrected chi connectivity index (χ1v) is 6.60. The molecule has 18 heavy (non-hydrogen) atoms. The van der Waals surface area contributed by atoms with Gasteiger partial charge in [-0.2, -0.15) is 0 Å². The Kier molecular flexibility index (Phi) is 2.96. The number of nitrogens with two attached hydrogens (primary N) is 1. The van der Waals surface area contributed by atoms with E-state index in [4.69, 9.17) is 10.2 Å². The minimum atomic E-state index is 0.0769. The lowest BCUT2D eigenvalue weighted by Gasteiger charge is -2.20. The Hall–Kier alpha value is -1.55. The van der Waals surface area contributed by atoms with Crippen molar-refractivity contribution in [3.8, 4) is 0 Å². The van der Waals surface area contributed by atoms with Gasteiger partial charge in [-0.1, -0.05) is 0 Å². The van der Waals surface area contributed by atoms with Crippen LogP contribution in [0.15, 0.2) is 22.9 Å². The Bertz CT molecular complexity index is 541. The highest BCUT2D eigenvalue weighted by Crippen LogP contribution is 2.27. The molecule has 0 amide bonds. The van der Waals surface area contributed by atoms with Gasteiger partial charge in [0, 0.05) is 12.2 Å². The zero-order valence-corrected chi connectivity index (χ0v) is 10.7. The molecule has 1 aliphatic rings. The molecule has 1 unspecified atom stereocenters. The molecule has 96 valence electrons. The lowest BCUT2D eigenvalue weighted by molar-refractivity contribution is 0.409. The largest absolute Gasteiger partial charge is 0.464 e. The fourth-order valence-electron chi connectivity index (χ4n) is 2.76. The van der Waals surface area contributed by atoms with Gasteiger partial charge in [-0.15, -0.1) is 0 Å². The van der Waals surface area contributed by atoms with Crippen LogP contribution in [0.5, 0.6) is 0 Å². The number of furan rings is 1. The predicted octanol–water partition coefficient (Wildman–Crippen LogP) is 2.21. The van der Waals surface area contributed by atoms with Crippen LogP contribution >= 0.6 is 0 Å². The summed E-state index contributed by atoms with van der Waals surface area (Å²) in [6, 6.07) is 4.08. The molecule has 0 bridgehead atoms. The maximum atomic E-state index is 5.93. The lowest BCUT2D eigenvalue weighted by atomic mass is 10.0. The smallest absolute Gasteiger partial charge is 0.128 e. The standard InChI is InChI=1S/C14H19N3O/c1-10-6-7-14(18-10)13(8-15)17-9-16-11-4-2-3-5-12(11)17/h6-7,9,13H,2-5,8,15H2,1H3. The van der Waals surface area contributed by atoms with E-state index >= 15 is 0 Å². The number of aromatic nitrogens is 2. The topological polar surface area (TPSA) is 57.0 Å². The molecule has 2 aromatic heterocycles. The third-order valence-corrected chi connectivity index (χ3v) is 3.71. The fraction of sp³-hybridized carbons (Fsp3) is 0.500. The lowest BCUT2D eigenvalue weighted by Crippen LogP contribution is -2.22. The van der Waals surface area contributed by atoms with Gasteiger partial charge in [0.25, 0.3) is 0 Å². The predicted molar refractivity (Wildman–Crippen MR) is 69.5 cm³/mol. The van der Waals surface area contributed by atoms with Crippen LogP contribution in [0, 0.1) is 6.92 Å². The molecule has 4 heteroatoms. The van der Waals surface area contributed by atoms with Crippen molar-refractivity contribution in [1.29, 1.82) is 0 Å². The van der Waals surface area contributed by atoms with E-state index in [2.05, 4.69) is 9.55 Å². The number of hydrogen-bond donors (Lipinski definition) is 1. The highest BCUT2D eigenvalue weighted by molar-refractivity contribution is 5.21. The van der Waals surface area contributed by atoms with Crippen LogP contribution in [0.4, 0.5) is 0 Å². The van der Waals surface area contributed by atoms with Gasteiger partial charge >= 0.3 is 0 Å². The minimum Gasteiger partial charge on any atom is -0.464 e. The molecule has 1 aliphatic carbocycles. The highest BCUT2D eigenvalue weighted by atomic mass is 16.3. The number of nitrogens with zero attached hydrogens (tertiary/aromatic N) is 2. The van der Waals surface area contributed by atoms with Crippen molar-refractivity contribution in [2.75, 3.05) is 6.54 Å². The molecule has 3 rings (SSSR count). The van der Waals surface area contributed by atoms with Gasteiger partial charge in [0.05, 0.1) is 12.0 Å². The van der Waals surface area contributed by atoms with E-state index in [0.29, 0.717) is 6.54 Å². The summed E-state index contributed by atoms with van der Waals surface area (Å²) in [5.74, 6) is 1.86. The van der Waals surface area contributed by atoms with E-state index in [0.717, 1.165) is 24.4 Å². The van der Waals surface area contributed by atoms with Gasteiger partial charge in [-0.05, 0) is 44.7 Å². The molecular formula is C14H19N3O. The molecule has 0 spiro atoms. The average molecular weight is 245 g/mol. The Morgan fingerprint density at radius 3 is 2.94 bits per heavy atom. The summed E-state index contributed by atoms with van der Waals surface area (Å²) in [5.41, 5.74) is 8.51. The maximum Gasteiger partial charge on any atom is 0.128 e. The Balaban J connectivity index is 1.99. The molecule has 0 saturated heterocycles. The highest BCUT2D eigenvalue weighted by Gasteiger charge is 2.22. The number of imidazole rings is 1. The SMILES string of the molecule is Cc1ccc(C(CN)n2cnc3c2CCCC3)o1. The first-order chi connectivity index (χ1) is 8.79. The van der Waals surface area contributed by atoms with E-state index < -0.39 is 0 Å². The van der Waals surface area contributed by atoms with Gasteiger partial charge in [0.2, 0.25) is 0 Å². The van der Waals surface area contributed by atoms with E-state index in [1.165, 1.54) is 24.2 Å². The maximum absolute atomic E-state index is 5.93. The van der Waals surface area contributed by atoms with Crippen molar-refractivity contribution in [2.24, 2.45) is 5.73 Å². The van der Waals surface area contributed by atoms with E-state index in [-0.39, 0.29) is 6.04 Å². The summed E-state index contributed by atoms with van der Waals surface area (Å²) in [7, 11) is 0. The van der Waals surface area contributed by atoms with Crippen molar-refractivity contribution in [1.82, 2.24) is 9.55 Å². The second kappa shape index (κ2) is 4.61. The normalized spacial score (nSPS) is 16.6. The summed E-state index contributed by atoms with van der Waals surface area (Å²) in [4.78, 5) is 4.52. The van der Waals surface area contributed by atoms with Crippen LogP contribution in [-0.4, -0.2) is 16.1 Å². The van der Waals surface area contributed by atoms with Crippen LogP contribution in [0.3, 0.4) is 0 Å². The summed E-state index contributed by atoms with van der Waals surface area (Å²) < 4.78 is 7.92. The average Bonchev–Trinajstić information content (AvgIpc) is 2.98. The molecule has 0 fully saturated rings. The van der Waals surface area contributed by atoms with Gasteiger partial charge in [0.15, 0.2) is 0 Å². The van der Waals surface area contributed by atoms with Crippen molar-refractivity contribution in [2.45, 2.75) is 38.6 Å². The molecular weight excluding hydrogens is 226 g/mol. The first-order valence-electron chi connectivity index (χ1n) is 6.60. The summed E-state index contributed by atoms with van der Waals surface area (Å²) >= 11 is 0. The molecule has 0 aromatic carbocycles. The van der Waals surface area contributed by atoms with Gasteiger partial charge < -0.3 is 14.7 Å². The van der Waals surface area contributed by atoms with Crippen molar-refractivity contribution in [3.05, 3.63) is 41.4 Å². The Labute approximate surface area is 107 Å². The van der Waals surface area contributed by atoms with E-state index in [1.54, 1.807) is 0 Å².